The fourth-order valence-corrected chi connectivity index (χ4v) is 1.56. The van der Waals surface area contributed by atoms with Gasteiger partial charge >= 0.3 is 12.3 Å². The maximum absolute atomic E-state index is 12.4. The maximum atomic E-state index is 12.4. The van der Waals surface area contributed by atoms with E-state index < -0.39 is 29.3 Å². The van der Waals surface area contributed by atoms with Crippen LogP contribution in [0.4, 0.5) is 23.7 Å². The molecule has 0 saturated carbocycles. The Hall–Kier alpha value is -2.25. The molecule has 0 aliphatic rings. The highest BCUT2D eigenvalue weighted by Crippen LogP contribution is 2.29. The second kappa shape index (κ2) is 7.34. The zero-order valence-electron chi connectivity index (χ0n) is 13.1. The number of anilines is 1. The number of hydrogen-bond acceptors (Lipinski definition) is 3. The summed E-state index contributed by atoms with van der Waals surface area (Å²) in [4.78, 5) is 23.0. The number of alkyl carbamates (subject to hydrolysis) is 1. The van der Waals surface area contributed by atoms with Crippen LogP contribution in [0.5, 0.6) is 0 Å². The van der Waals surface area contributed by atoms with E-state index in [4.69, 9.17) is 4.74 Å². The molecular formula is C15H19F3N2O3. The van der Waals surface area contributed by atoms with Crippen molar-refractivity contribution in [1.82, 2.24) is 5.32 Å². The Bertz CT molecular complexity index is 549. The van der Waals surface area contributed by atoms with Crippen LogP contribution in [-0.2, 0) is 15.7 Å². The molecule has 1 rings (SSSR count). The van der Waals surface area contributed by atoms with Crippen molar-refractivity contribution in [3.05, 3.63) is 29.8 Å². The average molecular weight is 332 g/mol. The number of alkyl halides is 3. The van der Waals surface area contributed by atoms with Crippen molar-refractivity contribution in [2.24, 2.45) is 0 Å². The number of benzene rings is 1. The monoisotopic (exact) mass is 332 g/mol. The first-order chi connectivity index (χ1) is 10.5. The summed E-state index contributed by atoms with van der Waals surface area (Å²) in [6.07, 6.45) is -5.08. The van der Waals surface area contributed by atoms with Gasteiger partial charge < -0.3 is 15.4 Å². The average Bonchev–Trinajstić information content (AvgIpc) is 2.36. The predicted octanol–water partition coefficient (Wildman–Crippen LogP) is 3.56. The van der Waals surface area contributed by atoms with Crippen LogP contribution in [0.2, 0.25) is 0 Å². The standard InChI is InChI=1S/C15H19F3N2O3/c1-14(2,3)23-13(22)19-9-8-12(21)20-11-6-4-10(5-7-11)15(16,17)18/h4-7H,8-9H2,1-3H3,(H,19,22)(H,20,21). The molecule has 2 amide bonds. The molecule has 0 aliphatic heterocycles. The van der Waals surface area contributed by atoms with Gasteiger partial charge in [0.15, 0.2) is 0 Å². The van der Waals surface area contributed by atoms with Crippen molar-refractivity contribution in [3.63, 3.8) is 0 Å². The van der Waals surface area contributed by atoms with E-state index >= 15 is 0 Å². The minimum Gasteiger partial charge on any atom is -0.444 e. The second-order valence-electron chi connectivity index (χ2n) is 5.80. The lowest BCUT2D eigenvalue weighted by atomic mass is 10.2. The molecule has 2 N–H and O–H groups in total. The zero-order valence-corrected chi connectivity index (χ0v) is 13.1. The van der Waals surface area contributed by atoms with Gasteiger partial charge in [0.2, 0.25) is 5.91 Å². The molecular weight excluding hydrogens is 313 g/mol. The van der Waals surface area contributed by atoms with E-state index in [0.29, 0.717) is 0 Å². The van der Waals surface area contributed by atoms with Gasteiger partial charge in [-0.3, -0.25) is 4.79 Å². The number of halogens is 3. The summed E-state index contributed by atoms with van der Waals surface area (Å²) in [7, 11) is 0. The lowest BCUT2D eigenvalue weighted by Gasteiger charge is -2.19. The van der Waals surface area contributed by atoms with Gasteiger partial charge in [0.25, 0.3) is 0 Å². The largest absolute Gasteiger partial charge is 0.444 e. The Morgan fingerprint density at radius 2 is 1.65 bits per heavy atom. The van der Waals surface area contributed by atoms with E-state index in [2.05, 4.69) is 10.6 Å². The Balaban J connectivity index is 2.38. The minimum absolute atomic E-state index is 0.0275. The predicted molar refractivity (Wildman–Crippen MR) is 78.9 cm³/mol. The molecule has 0 aromatic heterocycles. The van der Waals surface area contributed by atoms with Gasteiger partial charge in [0.1, 0.15) is 5.60 Å². The minimum atomic E-state index is -4.42. The molecule has 0 aliphatic carbocycles. The molecule has 5 nitrogen and oxygen atoms in total. The topological polar surface area (TPSA) is 67.4 Å². The van der Waals surface area contributed by atoms with Crippen LogP contribution in [0.15, 0.2) is 24.3 Å². The van der Waals surface area contributed by atoms with E-state index in [1.54, 1.807) is 20.8 Å². The number of nitrogens with one attached hydrogen (secondary N) is 2. The van der Waals surface area contributed by atoms with Crippen LogP contribution in [0.25, 0.3) is 0 Å². The first kappa shape index (κ1) is 18.8. The van der Waals surface area contributed by atoms with E-state index in [1.807, 2.05) is 0 Å². The number of hydrogen-bond donors (Lipinski definition) is 2. The third-order valence-electron chi connectivity index (χ3n) is 2.52. The number of carbonyl (C=O) groups excluding carboxylic acids is 2. The van der Waals surface area contributed by atoms with Gasteiger partial charge in [-0.1, -0.05) is 0 Å². The number of rotatable bonds is 4. The van der Waals surface area contributed by atoms with Crippen molar-refractivity contribution < 1.29 is 27.5 Å². The fourth-order valence-electron chi connectivity index (χ4n) is 1.56. The summed E-state index contributed by atoms with van der Waals surface area (Å²) >= 11 is 0. The Labute approximate surface area is 132 Å². The first-order valence-electron chi connectivity index (χ1n) is 6.91. The normalized spacial score (nSPS) is 11.7. The number of ether oxygens (including phenoxy) is 1. The third-order valence-corrected chi connectivity index (χ3v) is 2.52. The maximum Gasteiger partial charge on any atom is 0.416 e. The molecule has 0 radical (unpaired) electrons. The SMILES string of the molecule is CC(C)(C)OC(=O)NCCC(=O)Nc1ccc(C(F)(F)F)cc1. The van der Waals surface area contributed by atoms with Crippen LogP contribution >= 0.6 is 0 Å². The van der Waals surface area contributed by atoms with E-state index in [0.717, 1.165) is 12.1 Å². The number of carbonyl (C=O) groups is 2. The van der Waals surface area contributed by atoms with Crippen molar-refractivity contribution >= 4 is 17.7 Å². The first-order valence-corrected chi connectivity index (χ1v) is 6.91. The van der Waals surface area contributed by atoms with Crippen LogP contribution in [0, 0.1) is 0 Å². The van der Waals surface area contributed by atoms with Gasteiger partial charge in [0.05, 0.1) is 5.56 Å². The smallest absolute Gasteiger partial charge is 0.416 e. The van der Waals surface area contributed by atoms with Crippen LogP contribution in [-0.4, -0.2) is 24.1 Å². The third kappa shape index (κ3) is 7.53. The van der Waals surface area contributed by atoms with Gasteiger partial charge in [-0.25, -0.2) is 4.79 Å². The molecule has 0 spiro atoms. The molecule has 0 heterocycles. The summed E-state index contributed by atoms with van der Waals surface area (Å²) in [5.74, 6) is -0.430. The zero-order chi connectivity index (χ0) is 17.7. The van der Waals surface area contributed by atoms with Crippen LogP contribution < -0.4 is 10.6 Å². The van der Waals surface area contributed by atoms with Crippen molar-refractivity contribution in [2.45, 2.75) is 39.0 Å². The summed E-state index contributed by atoms with van der Waals surface area (Å²) in [6, 6.07) is 4.10. The summed E-state index contributed by atoms with van der Waals surface area (Å²) in [6.45, 7) is 5.19. The Morgan fingerprint density at radius 3 is 2.13 bits per heavy atom. The van der Waals surface area contributed by atoms with Gasteiger partial charge in [0, 0.05) is 18.7 Å². The summed E-state index contributed by atoms with van der Waals surface area (Å²) in [5.41, 5.74) is -1.17. The molecule has 1 aromatic rings. The molecule has 0 unspecified atom stereocenters. The quantitative estimate of drug-likeness (QED) is 0.886. The van der Waals surface area contributed by atoms with Gasteiger partial charge in [-0.15, -0.1) is 0 Å². The molecule has 23 heavy (non-hydrogen) atoms. The highest BCUT2D eigenvalue weighted by Gasteiger charge is 2.29. The molecule has 128 valence electrons. The lowest BCUT2D eigenvalue weighted by Crippen LogP contribution is -2.34. The van der Waals surface area contributed by atoms with Crippen molar-refractivity contribution in [1.29, 1.82) is 0 Å². The second-order valence-corrected chi connectivity index (χ2v) is 5.80. The van der Waals surface area contributed by atoms with Crippen LogP contribution in [0.1, 0.15) is 32.8 Å². The fraction of sp³-hybridized carbons (Fsp3) is 0.467. The van der Waals surface area contributed by atoms with Crippen molar-refractivity contribution in [2.75, 3.05) is 11.9 Å². The summed E-state index contributed by atoms with van der Waals surface area (Å²) in [5, 5.41) is 4.86. The molecule has 1 aromatic carbocycles. The highest BCUT2D eigenvalue weighted by atomic mass is 19.4. The highest BCUT2D eigenvalue weighted by molar-refractivity contribution is 5.91. The molecule has 0 fully saturated rings. The van der Waals surface area contributed by atoms with E-state index in [-0.39, 0.29) is 18.7 Å². The van der Waals surface area contributed by atoms with E-state index in [1.165, 1.54) is 12.1 Å². The van der Waals surface area contributed by atoms with Gasteiger partial charge in [-0.2, -0.15) is 13.2 Å². The van der Waals surface area contributed by atoms with Crippen LogP contribution in [0.3, 0.4) is 0 Å². The molecule has 0 atom stereocenters. The van der Waals surface area contributed by atoms with Crippen molar-refractivity contribution in [3.8, 4) is 0 Å². The lowest BCUT2D eigenvalue weighted by molar-refractivity contribution is -0.137. The molecule has 0 bridgehead atoms. The summed E-state index contributed by atoms with van der Waals surface area (Å²) < 4.78 is 42.2. The van der Waals surface area contributed by atoms with E-state index in [9.17, 15) is 22.8 Å². The van der Waals surface area contributed by atoms with Gasteiger partial charge in [-0.05, 0) is 45.0 Å². The molecule has 8 heteroatoms. The molecule has 0 saturated heterocycles. The Morgan fingerprint density at radius 1 is 1.09 bits per heavy atom. The number of amides is 2. The Kier molecular flexibility index (Phi) is 6.00.